The summed E-state index contributed by atoms with van der Waals surface area (Å²) in [6.07, 6.45) is 2.41. The normalized spacial score (nSPS) is 21.0. The quantitative estimate of drug-likeness (QED) is 0.746. The van der Waals surface area contributed by atoms with Gasteiger partial charge in [-0.3, -0.25) is 4.90 Å². The van der Waals surface area contributed by atoms with Gasteiger partial charge in [0.15, 0.2) is 0 Å². The molecule has 94 valence electrons. The molecular formula is C14H19Cl2N. The molecule has 0 saturated carbocycles. The van der Waals surface area contributed by atoms with Crippen LogP contribution in [0.4, 0.5) is 0 Å². The molecule has 1 saturated heterocycles. The highest BCUT2D eigenvalue weighted by molar-refractivity contribution is 6.31. The summed E-state index contributed by atoms with van der Waals surface area (Å²) in [7, 11) is 0. The highest BCUT2D eigenvalue weighted by Crippen LogP contribution is 2.25. The molecular weight excluding hydrogens is 253 g/mol. The van der Waals surface area contributed by atoms with E-state index in [0.717, 1.165) is 36.3 Å². The summed E-state index contributed by atoms with van der Waals surface area (Å²) in [6, 6.07) is 6.32. The third kappa shape index (κ3) is 3.61. The molecule has 1 aliphatic rings. The molecule has 1 nitrogen and oxygen atoms in total. The summed E-state index contributed by atoms with van der Waals surface area (Å²) in [6.45, 7) is 5.38. The fourth-order valence-electron chi connectivity index (χ4n) is 2.47. The van der Waals surface area contributed by atoms with Crippen molar-refractivity contribution in [3.05, 3.63) is 34.3 Å². The molecule has 0 spiro atoms. The minimum atomic E-state index is 0.775. The zero-order chi connectivity index (χ0) is 12.3. The van der Waals surface area contributed by atoms with Crippen molar-refractivity contribution in [1.82, 2.24) is 4.90 Å². The average Bonchev–Trinajstić information content (AvgIpc) is 2.71. The van der Waals surface area contributed by atoms with Gasteiger partial charge >= 0.3 is 0 Å². The summed E-state index contributed by atoms with van der Waals surface area (Å²) < 4.78 is 0. The Morgan fingerprint density at radius 2 is 2.24 bits per heavy atom. The molecule has 1 aromatic carbocycles. The van der Waals surface area contributed by atoms with Gasteiger partial charge in [-0.05, 0) is 49.4 Å². The topological polar surface area (TPSA) is 3.24 Å². The van der Waals surface area contributed by atoms with Crippen molar-refractivity contribution in [2.24, 2.45) is 5.92 Å². The molecule has 1 fully saturated rings. The van der Waals surface area contributed by atoms with Crippen molar-refractivity contribution < 1.29 is 0 Å². The Hall–Kier alpha value is -0.240. The van der Waals surface area contributed by atoms with E-state index in [2.05, 4.69) is 24.0 Å². The fourth-order valence-corrected chi connectivity index (χ4v) is 3.07. The molecule has 17 heavy (non-hydrogen) atoms. The molecule has 0 aliphatic carbocycles. The summed E-state index contributed by atoms with van der Waals surface area (Å²) in [5.74, 6) is 1.56. The maximum absolute atomic E-state index is 6.26. The molecule has 3 heteroatoms. The van der Waals surface area contributed by atoms with Crippen molar-refractivity contribution in [1.29, 1.82) is 0 Å². The first-order valence-electron chi connectivity index (χ1n) is 6.22. The van der Waals surface area contributed by atoms with Gasteiger partial charge in [-0.2, -0.15) is 0 Å². The lowest BCUT2D eigenvalue weighted by Crippen LogP contribution is -2.20. The number of halogens is 2. The van der Waals surface area contributed by atoms with Crippen LogP contribution < -0.4 is 0 Å². The van der Waals surface area contributed by atoms with Gasteiger partial charge in [0, 0.05) is 24.0 Å². The Bertz CT molecular complexity index is 378. The average molecular weight is 272 g/mol. The second-order valence-electron chi connectivity index (χ2n) is 4.96. The van der Waals surface area contributed by atoms with Crippen LogP contribution in [-0.4, -0.2) is 23.9 Å². The number of aryl methyl sites for hydroxylation is 1. The summed E-state index contributed by atoms with van der Waals surface area (Å²) >= 11 is 12.1. The van der Waals surface area contributed by atoms with E-state index >= 15 is 0 Å². The van der Waals surface area contributed by atoms with Crippen LogP contribution in [0.15, 0.2) is 18.2 Å². The number of hydrogen-bond donors (Lipinski definition) is 0. The first kappa shape index (κ1) is 13.2. The Kier molecular flexibility index (Phi) is 4.72. The molecule has 1 unspecified atom stereocenters. The minimum absolute atomic E-state index is 0.775. The van der Waals surface area contributed by atoms with Crippen molar-refractivity contribution in [2.75, 3.05) is 19.0 Å². The standard InChI is InChI=1S/C14H19Cl2N/c1-11-2-3-13(14(16)8-11)10-17-7-5-12(9-17)4-6-15/h2-3,8,12H,4-7,9-10H2,1H3. The number of nitrogens with zero attached hydrogens (tertiary/aromatic N) is 1. The van der Waals surface area contributed by atoms with Gasteiger partial charge in [-0.15, -0.1) is 11.6 Å². The van der Waals surface area contributed by atoms with Gasteiger partial charge in [0.1, 0.15) is 0 Å². The monoisotopic (exact) mass is 271 g/mol. The fraction of sp³-hybridized carbons (Fsp3) is 0.571. The zero-order valence-corrected chi connectivity index (χ0v) is 11.8. The van der Waals surface area contributed by atoms with Gasteiger partial charge in [-0.25, -0.2) is 0 Å². The number of rotatable bonds is 4. The summed E-state index contributed by atoms with van der Waals surface area (Å²) in [5.41, 5.74) is 2.46. The lowest BCUT2D eigenvalue weighted by Gasteiger charge is -2.17. The third-order valence-electron chi connectivity index (χ3n) is 3.49. The molecule has 0 aromatic heterocycles. The molecule has 1 atom stereocenters. The second kappa shape index (κ2) is 6.08. The predicted molar refractivity (Wildman–Crippen MR) is 74.9 cm³/mol. The van der Waals surface area contributed by atoms with Crippen molar-refractivity contribution in [3.8, 4) is 0 Å². The van der Waals surface area contributed by atoms with E-state index in [0.29, 0.717) is 0 Å². The Balaban J connectivity index is 1.93. The third-order valence-corrected chi connectivity index (χ3v) is 4.06. The zero-order valence-electron chi connectivity index (χ0n) is 10.3. The van der Waals surface area contributed by atoms with E-state index < -0.39 is 0 Å². The first-order chi connectivity index (χ1) is 8.19. The first-order valence-corrected chi connectivity index (χ1v) is 7.13. The van der Waals surface area contributed by atoms with Crippen molar-refractivity contribution >= 4 is 23.2 Å². The van der Waals surface area contributed by atoms with E-state index in [9.17, 15) is 0 Å². The largest absolute Gasteiger partial charge is 0.299 e. The van der Waals surface area contributed by atoms with Crippen LogP contribution in [0.5, 0.6) is 0 Å². The van der Waals surface area contributed by atoms with E-state index in [1.165, 1.54) is 24.1 Å². The van der Waals surface area contributed by atoms with Crippen LogP contribution >= 0.6 is 23.2 Å². The highest BCUT2D eigenvalue weighted by Gasteiger charge is 2.22. The number of likely N-dealkylation sites (tertiary alicyclic amines) is 1. The molecule has 0 radical (unpaired) electrons. The van der Waals surface area contributed by atoms with Crippen LogP contribution in [0.25, 0.3) is 0 Å². The van der Waals surface area contributed by atoms with E-state index in [1.54, 1.807) is 0 Å². The molecule has 1 aromatic rings. The van der Waals surface area contributed by atoms with Crippen LogP contribution in [0, 0.1) is 12.8 Å². The van der Waals surface area contributed by atoms with Gasteiger partial charge in [0.25, 0.3) is 0 Å². The van der Waals surface area contributed by atoms with Gasteiger partial charge in [0.2, 0.25) is 0 Å². The molecule has 0 N–H and O–H groups in total. The predicted octanol–water partition coefficient (Wildman–Crippen LogP) is 4.10. The van der Waals surface area contributed by atoms with Crippen LogP contribution in [-0.2, 0) is 6.54 Å². The summed E-state index contributed by atoms with van der Waals surface area (Å²) in [5, 5.41) is 0.894. The maximum atomic E-state index is 6.26. The van der Waals surface area contributed by atoms with Crippen LogP contribution in [0.3, 0.4) is 0 Å². The molecule has 0 bridgehead atoms. The van der Waals surface area contributed by atoms with Crippen LogP contribution in [0.2, 0.25) is 5.02 Å². The minimum Gasteiger partial charge on any atom is -0.299 e. The summed E-state index contributed by atoms with van der Waals surface area (Å²) in [4.78, 5) is 2.48. The highest BCUT2D eigenvalue weighted by atomic mass is 35.5. The van der Waals surface area contributed by atoms with E-state index in [4.69, 9.17) is 23.2 Å². The van der Waals surface area contributed by atoms with Crippen LogP contribution in [0.1, 0.15) is 24.0 Å². The molecule has 2 rings (SSSR count). The number of benzene rings is 1. The SMILES string of the molecule is Cc1ccc(CN2CCC(CCCl)C2)c(Cl)c1. The molecule has 1 aliphatic heterocycles. The van der Waals surface area contributed by atoms with E-state index in [1.807, 2.05) is 6.07 Å². The molecule has 0 amide bonds. The Labute approximate surface area is 114 Å². The van der Waals surface area contributed by atoms with Gasteiger partial charge in [-0.1, -0.05) is 23.7 Å². The van der Waals surface area contributed by atoms with E-state index in [-0.39, 0.29) is 0 Å². The lowest BCUT2D eigenvalue weighted by atomic mass is 10.1. The Morgan fingerprint density at radius 1 is 1.41 bits per heavy atom. The number of alkyl halides is 1. The second-order valence-corrected chi connectivity index (χ2v) is 5.75. The maximum Gasteiger partial charge on any atom is 0.0453 e. The van der Waals surface area contributed by atoms with Gasteiger partial charge in [0.05, 0.1) is 0 Å². The van der Waals surface area contributed by atoms with Crippen molar-refractivity contribution in [2.45, 2.75) is 26.3 Å². The smallest absolute Gasteiger partial charge is 0.0453 e. The lowest BCUT2D eigenvalue weighted by molar-refractivity contribution is 0.315. The van der Waals surface area contributed by atoms with Crippen molar-refractivity contribution in [3.63, 3.8) is 0 Å². The Morgan fingerprint density at radius 3 is 2.94 bits per heavy atom. The number of hydrogen-bond acceptors (Lipinski definition) is 1. The molecule has 1 heterocycles. The van der Waals surface area contributed by atoms with Gasteiger partial charge < -0.3 is 0 Å².